The Balaban J connectivity index is 2.26. The van der Waals surface area contributed by atoms with Crippen molar-refractivity contribution in [3.05, 3.63) is 35.6 Å². The summed E-state index contributed by atoms with van der Waals surface area (Å²) in [5.41, 5.74) is 6.47. The Morgan fingerprint density at radius 3 is 2.47 bits per heavy atom. The van der Waals surface area contributed by atoms with E-state index in [2.05, 4.69) is 11.9 Å². The van der Waals surface area contributed by atoms with E-state index in [1.807, 2.05) is 6.07 Å². The average molecular weight is 208 g/mol. The molecule has 82 valence electrons. The van der Waals surface area contributed by atoms with Crippen LogP contribution in [0.5, 0.6) is 0 Å². The van der Waals surface area contributed by atoms with Crippen molar-refractivity contribution in [3.63, 3.8) is 0 Å². The second-order valence-electron chi connectivity index (χ2n) is 4.44. The number of nitrogens with two attached hydrogens (primary N) is 1. The molecule has 0 atom stereocenters. The van der Waals surface area contributed by atoms with Crippen LogP contribution in [0.4, 0.5) is 4.39 Å². The molecular formula is C12H17FN2. The highest BCUT2D eigenvalue weighted by molar-refractivity contribution is 5.26. The summed E-state index contributed by atoms with van der Waals surface area (Å²) in [4.78, 5) is 2.23. The SMILES string of the molecule is CN1CCC(N)(c2ccccc2F)CC1. The minimum absolute atomic E-state index is 0.176. The molecule has 1 saturated heterocycles. The van der Waals surface area contributed by atoms with E-state index < -0.39 is 5.54 Å². The summed E-state index contributed by atoms with van der Waals surface area (Å²) < 4.78 is 13.6. The van der Waals surface area contributed by atoms with E-state index in [4.69, 9.17) is 5.73 Å². The smallest absolute Gasteiger partial charge is 0.128 e. The number of rotatable bonds is 1. The molecule has 2 N–H and O–H groups in total. The van der Waals surface area contributed by atoms with E-state index in [0.29, 0.717) is 5.56 Å². The summed E-state index contributed by atoms with van der Waals surface area (Å²) in [6, 6.07) is 6.85. The zero-order valence-electron chi connectivity index (χ0n) is 9.04. The van der Waals surface area contributed by atoms with Crippen molar-refractivity contribution < 1.29 is 4.39 Å². The zero-order chi connectivity index (χ0) is 10.9. The number of hydrogen-bond donors (Lipinski definition) is 1. The predicted molar refractivity (Wildman–Crippen MR) is 59.0 cm³/mol. The third kappa shape index (κ3) is 2.03. The van der Waals surface area contributed by atoms with Gasteiger partial charge in [-0.05, 0) is 39.0 Å². The molecule has 0 aliphatic carbocycles. The minimum atomic E-state index is -0.474. The van der Waals surface area contributed by atoms with Gasteiger partial charge in [0.1, 0.15) is 5.82 Å². The first-order chi connectivity index (χ1) is 7.12. The zero-order valence-corrected chi connectivity index (χ0v) is 9.04. The highest BCUT2D eigenvalue weighted by Gasteiger charge is 2.33. The van der Waals surface area contributed by atoms with Gasteiger partial charge < -0.3 is 10.6 Å². The van der Waals surface area contributed by atoms with Gasteiger partial charge in [0.05, 0.1) is 0 Å². The van der Waals surface area contributed by atoms with E-state index in [0.717, 1.165) is 25.9 Å². The number of likely N-dealkylation sites (tertiary alicyclic amines) is 1. The van der Waals surface area contributed by atoms with Crippen molar-refractivity contribution >= 4 is 0 Å². The summed E-state index contributed by atoms with van der Waals surface area (Å²) in [6.07, 6.45) is 1.65. The van der Waals surface area contributed by atoms with Crippen molar-refractivity contribution in [1.29, 1.82) is 0 Å². The van der Waals surface area contributed by atoms with Crippen molar-refractivity contribution in [1.82, 2.24) is 4.90 Å². The highest BCUT2D eigenvalue weighted by Crippen LogP contribution is 2.31. The third-order valence-corrected chi connectivity index (χ3v) is 3.29. The average Bonchev–Trinajstić information content (AvgIpc) is 2.23. The minimum Gasteiger partial charge on any atom is -0.321 e. The molecule has 15 heavy (non-hydrogen) atoms. The van der Waals surface area contributed by atoms with Crippen molar-refractivity contribution in [2.45, 2.75) is 18.4 Å². The van der Waals surface area contributed by atoms with Crippen LogP contribution >= 0.6 is 0 Å². The van der Waals surface area contributed by atoms with Crippen LogP contribution in [-0.4, -0.2) is 25.0 Å². The van der Waals surface area contributed by atoms with Gasteiger partial charge in [-0.1, -0.05) is 18.2 Å². The molecular weight excluding hydrogens is 191 g/mol. The first-order valence-corrected chi connectivity index (χ1v) is 5.34. The fraction of sp³-hybridized carbons (Fsp3) is 0.500. The van der Waals surface area contributed by atoms with Gasteiger partial charge in [-0.2, -0.15) is 0 Å². The van der Waals surface area contributed by atoms with Crippen LogP contribution in [0.3, 0.4) is 0 Å². The van der Waals surface area contributed by atoms with Gasteiger partial charge in [0.25, 0.3) is 0 Å². The molecule has 1 aliphatic rings. The first-order valence-electron chi connectivity index (χ1n) is 5.34. The molecule has 2 rings (SSSR count). The number of halogens is 1. The standard InChI is InChI=1S/C12H17FN2/c1-15-8-6-12(14,7-9-15)10-4-2-3-5-11(10)13/h2-5H,6-9,14H2,1H3. The fourth-order valence-corrected chi connectivity index (χ4v) is 2.15. The quantitative estimate of drug-likeness (QED) is 0.761. The second-order valence-corrected chi connectivity index (χ2v) is 4.44. The maximum atomic E-state index is 13.6. The molecule has 2 nitrogen and oxygen atoms in total. The Morgan fingerprint density at radius 1 is 1.27 bits per heavy atom. The van der Waals surface area contributed by atoms with Gasteiger partial charge >= 0.3 is 0 Å². The van der Waals surface area contributed by atoms with Crippen LogP contribution in [0.25, 0.3) is 0 Å². The lowest BCUT2D eigenvalue weighted by Crippen LogP contribution is -2.47. The molecule has 0 aromatic heterocycles. The van der Waals surface area contributed by atoms with Gasteiger partial charge in [-0.25, -0.2) is 4.39 Å². The largest absolute Gasteiger partial charge is 0.321 e. The van der Waals surface area contributed by atoms with E-state index in [9.17, 15) is 4.39 Å². The number of hydrogen-bond acceptors (Lipinski definition) is 2. The number of piperidine rings is 1. The summed E-state index contributed by atoms with van der Waals surface area (Å²) in [7, 11) is 2.07. The fourth-order valence-electron chi connectivity index (χ4n) is 2.15. The van der Waals surface area contributed by atoms with E-state index in [1.165, 1.54) is 6.07 Å². The van der Waals surface area contributed by atoms with Crippen LogP contribution in [0.2, 0.25) is 0 Å². The summed E-state index contributed by atoms with van der Waals surface area (Å²) in [5, 5.41) is 0. The molecule has 1 fully saturated rings. The van der Waals surface area contributed by atoms with Gasteiger partial charge in [0, 0.05) is 11.1 Å². The van der Waals surface area contributed by atoms with Crippen molar-refractivity contribution in [3.8, 4) is 0 Å². The van der Waals surface area contributed by atoms with Gasteiger partial charge in [-0.3, -0.25) is 0 Å². The molecule has 1 heterocycles. The second kappa shape index (κ2) is 3.91. The van der Waals surface area contributed by atoms with E-state index in [1.54, 1.807) is 12.1 Å². The highest BCUT2D eigenvalue weighted by atomic mass is 19.1. The molecule has 3 heteroatoms. The molecule has 0 amide bonds. The van der Waals surface area contributed by atoms with Crippen LogP contribution < -0.4 is 5.73 Å². The Labute approximate surface area is 89.9 Å². The topological polar surface area (TPSA) is 29.3 Å². The number of benzene rings is 1. The first kappa shape index (κ1) is 10.6. The molecule has 0 saturated carbocycles. The Bertz CT molecular complexity index is 343. The molecule has 1 aromatic rings. The van der Waals surface area contributed by atoms with Crippen LogP contribution in [0.1, 0.15) is 18.4 Å². The normalized spacial score (nSPS) is 21.5. The Morgan fingerprint density at radius 2 is 1.87 bits per heavy atom. The molecule has 1 aliphatic heterocycles. The maximum absolute atomic E-state index is 13.6. The maximum Gasteiger partial charge on any atom is 0.128 e. The summed E-state index contributed by atoms with van der Waals surface area (Å²) in [5.74, 6) is -0.176. The molecule has 0 radical (unpaired) electrons. The lowest BCUT2D eigenvalue weighted by atomic mass is 9.82. The van der Waals surface area contributed by atoms with E-state index in [-0.39, 0.29) is 5.82 Å². The van der Waals surface area contributed by atoms with Gasteiger partial charge in [0.2, 0.25) is 0 Å². The van der Waals surface area contributed by atoms with Crippen LogP contribution in [0, 0.1) is 5.82 Å². The molecule has 0 bridgehead atoms. The predicted octanol–water partition coefficient (Wildman–Crippen LogP) is 1.71. The van der Waals surface area contributed by atoms with Crippen molar-refractivity contribution in [2.75, 3.05) is 20.1 Å². The van der Waals surface area contributed by atoms with Crippen molar-refractivity contribution in [2.24, 2.45) is 5.73 Å². The molecule has 0 unspecified atom stereocenters. The summed E-state index contributed by atoms with van der Waals surface area (Å²) >= 11 is 0. The van der Waals surface area contributed by atoms with Gasteiger partial charge in [0.15, 0.2) is 0 Å². The summed E-state index contributed by atoms with van der Waals surface area (Å²) in [6.45, 7) is 1.87. The van der Waals surface area contributed by atoms with Crippen LogP contribution in [-0.2, 0) is 5.54 Å². The van der Waals surface area contributed by atoms with Gasteiger partial charge in [-0.15, -0.1) is 0 Å². The number of nitrogens with zero attached hydrogens (tertiary/aromatic N) is 1. The Kier molecular flexibility index (Phi) is 2.76. The van der Waals surface area contributed by atoms with Crippen LogP contribution in [0.15, 0.2) is 24.3 Å². The lowest BCUT2D eigenvalue weighted by molar-refractivity contribution is 0.188. The monoisotopic (exact) mass is 208 g/mol. The molecule has 0 spiro atoms. The Hall–Kier alpha value is -0.930. The molecule has 1 aromatic carbocycles. The lowest BCUT2D eigenvalue weighted by Gasteiger charge is -2.38. The van der Waals surface area contributed by atoms with E-state index >= 15 is 0 Å². The third-order valence-electron chi connectivity index (χ3n) is 3.29.